The maximum Gasteiger partial charge on any atom is 0.130 e. The maximum atomic E-state index is 4.52. The van der Waals surface area contributed by atoms with Gasteiger partial charge in [0.2, 0.25) is 0 Å². The predicted octanol–water partition coefficient (Wildman–Crippen LogP) is 2.84. The molecule has 5 nitrogen and oxygen atoms in total. The van der Waals surface area contributed by atoms with E-state index in [2.05, 4.69) is 68.6 Å². The molecular weight excluding hydrogens is 334 g/mol. The van der Waals surface area contributed by atoms with E-state index < -0.39 is 0 Å². The lowest BCUT2D eigenvalue weighted by molar-refractivity contribution is 0.444. The van der Waals surface area contributed by atoms with Crippen LogP contribution in [-0.2, 0) is 6.42 Å². The van der Waals surface area contributed by atoms with Gasteiger partial charge < -0.3 is 5.32 Å². The minimum absolute atomic E-state index is 0.307. The van der Waals surface area contributed by atoms with E-state index in [0.717, 1.165) is 43.3 Å². The van der Waals surface area contributed by atoms with Crippen LogP contribution in [0.5, 0.6) is 0 Å². The van der Waals surface area contributed by atoms with Crippen LogP contribution in [0, 0.1) is 19.8 Å². The lowest BCUT2D eigenvalue weighted by Gasteiger charge is -2.21. The molecule has 5 heteroatoms. The zero-order valence-corrected chi connectivity index (χ0v) is 16.0. The lowest BCUT2D eigenvalue weighted by atomic mass is 9.91. The molecule has 3 aromatic rings. The van der Waals surface area contributed by atoms with Crippen molar-refractivity contribution in [3.63, 3.8) is 0 Å². The highest BCUT2D eigenvalue weighted by molar-refractivity contribution is 5.86. The summed E-state index contributed by atoms with van der Waals surface area (Å²) in [6, 6.07) is 17.5. The summed E-state index contributed by atoms with van der Waals surface area (Å²) >= 11 is 0. The Balaban J connectivity index is 1.39. The van der Waals surface area contributed by atoms with Gasteiger partial charge in [0.15, 0.2) is 0 Å². The number of hydrogen-bond acceptors (Lipinski definition) is 5. The smallest absolute Gasteiger partial charge is 0.130 e. The number of aryl methyl sites for hydroxylation is 2. The first kappa shape index (κ1) is 18.0. The van der Waals surface area contributed by atoms with E-state index in [1.54, 1.807) is 0 Å². The topological polar surface area (TPSA) is 61.9 Å². The van der Waals surface area contributed by atoms with Gasteiger partial charge in [0.05, 0.1) is 6.04 Å². The first-order chi connectivity index (χ1) is 13.2. The second-order valence-electron chi connectivity index (χ2n) is 7.35. The van der Waals surface area contributed by atoms with E-state index in [1.165, 1.54) is 16.3 Å². The molecule has 0 radical (unpaired) electrons. The molecule has 1 fully saturated rings. The van der Waals surface area contributed by atoms with Gasteiger partial charge in [-0.15, -0.1) is 0 Å². The monoisotopic (exact) mass is 361 g/mol. The SMILES string of the molecule is Cc1cc(C)nc(CCNCC2CNNC2c2cccc3ccccc23)n1. The quantitative estimate of drug-likeness (QED) is 0.590. The van der Waals surface area contributed by atoms with Crippen LogP contribution >= 0.6 is 0 Å². The van der Waals surface area contributed by atoms with Gasteiger partial charge >= 0.3 is 0 Å². The summed E-state index contributed by atoms with van der Waals surface area (Å²) in [7, 11) is 0. The molecule has 1 aliphatic heterocycles. The largest absolute Gasteiger partial charge is 0.316 e. The molecule has 1 aliphatic rings. The van der Waals surface area contributed by atoms with E-state index in [-0.39, 0.29) is 0 Å². The molecule has 0 saturated carbocycles. The van der Waals surface area contributed by atoms with E-state index in [0.29, 0.717) is 12.0 Å². The van der Waals surface area contributed by atoms with Crippen molar-refractivity contribution in [3.05, 3.63) is 71.3 Å². The Labute approximate surface area is 160 Å². The van der Waals surface area contributed by atoms with Crippen LogP contribution in [-0.4, -0.2) is 29.6 Å². The van der Waals surface area contributed by atoms with Gasteiger partial charge in [-0.1, -0.05) is 42.5 Å². The molecule has 2 atom stereocenters. The molecule has 2 unspecified atom stereocenters. The highest BCUT2D eigenvalue weighted by atomic mass is 15.4. The van der Waals surface area contributed by atoms with Crippen molar-refractivity contribution >= 4 is 10.8 Å². The Kier molecular flexibility index (Phi) is 5.43. The molecule has 2 heterocycles. The van der Waals surface area contributed by atoms with Crippen LogP contribution < -0.4 is 16.2 Å². The van der Waals surface area contributed by atoms with Gasteiger partial charge in [0, 0.05) is 43.4 Å². The minimum Gasteiger partial charge on any atom is -0.316 e. The summed E-state index contributed by atoms with van der Waals surface area (Å²) in [5, 5.41) is 6.22. The van der Waals surface area contributed by atoms with Crippen molar-refractivity contribution in [2.45, 2.75) is 26.3 Å². The Morgan fingerprint density at radius 1 is 1.04 bits per heavy atom. The van der Waals surface area contributed by atoms with Crippen molar-refractivity contribution in [2.75, 3.05) is 19.6 Å². The van der Waals surface area contributed by atoms with Crippen LogP contribution in [0.1, 0.15) is 28.8 Å². The first-order valence-corrected chi connectivity index (χ1v) is 9.68. The summed E-state index contributed by atoms with van der Waals surface area (Å²) in [6.45, 7) is 6.85. The average Bonchev–Trinajstić information content (AvgIpc) is 3.12. The summed E-state index contributed by atoms with van der Waals surface area (Å²) < 4.78 is 0. The van der Waals surface area contributed by atoms with E-state index in [9.17, 15) is 0 Å². The van der Waals surface area contributed by atoms with Crippen molar-refractivity contribution < 1.29 is 0 Å². The summed E-state index contributed by atoms with van der Waals surface area (Å²) in [4.78, 5) is 9.05. The number of nitrogens with zero attached hydrogens (tertiary/aromatic N) is 2. The second kappa shape index (κ2) is 8.13. The summed E-state index contributed by atoms with van der Waals surface area (Å²) in [5.41, 5.74) is 10.3. The molecular formula is C22H27N5. The number of hydrogen-bond donors (Lipinski definition) is 3. The van der Waals surface area contributed by atoms with Crippen molar-refractivity contribution in [1.29, 1.82) is 0 Å². The number of nitrogens with one attached hydrogen (secondary N) is 3. The van der Waals surface area contributed by atoms with E-state index in [4.69, 9.17) is 0 Å². The molecule has 3 N–H and O–H groups in total. The number of aromatic nitrogens is 2. The number of benzene rings is 2. The molecule has 0 bridgehead atoms. The van der Waals surface area contributed by atoms with Crippen LogP contribution in [0.15, 0.2) is 48.5 Å². The number of rotatable bonds is 6. The second-order valence-corrected chi connectivity index (χ2v) is 7.35. The summed E-state index contributed by atoms with van der Waals surface area (Å²) in [6.07, 6.45) is 0.856. The summed E-state index contributed by atoms with van der Waals surface area (Å²) in [5.74, 6) is 1.42. The van der Waals surface area contributed by atoms with Crippen molar-refractivity contribution in [3.8, 4) is 0 Å². The molecule has 1 saturated heterocycles. The maximum absolute atomic E-state index is 4.52. The van der Waals surface area contributed by atoms with Crippen LogP contribution in [0.4, 0.5) is 0 Å². The van der Waals surface area contributed by atoms with Gasteiger partial charge in [-0.2, -0.15) is 0 Å². The van der Waals surface area contributed by atoms with Crippen LogP contribution in [0.25, 0.3) is 10.8 Å². The van der Waals surface area contributed by atoms with Gasteiger partial charge in [0.25, 0.3) is 0 Å². The Hall–Kier alpha value is -2.34. The molecule has 2 aromatic carbocycles. The fourth-order valence-electron chi connectivity index (χ4n) is 3.98. The fraction of sp³-hybridized carbons (Fsp3) is 0.364. The fourth-order valence-corrected chi connectivity index (χ4v) is 3.98. The molecule has 0 amide bonds. The molecule has 0 spiro atoms. The van der Waals surface area contributed by atoms with Crippen LogP contribution in [0.2, 0.25) is 0 Å². The molecule has 27 heavy (non-hydrogen) atoms. The Morgan fingerprint density at radius 3 is 2.67 bits per heavy atom. The van der Waals surface area contributed by atoms with Gasteiger partial charge in [-0.25, -0.2) is 15.4 Å². The molecule has 140 valence electrons. The standard InChI is InChI=1S/C22H27N5/c1-15-12-16(2)26-21(25-15)10-11-23-13-18-14-24-27-22(18)20-9-5-7-17-6-3-4-8-19(17)20/h3-9,12,18,22-24,27H,10-11,13-14H2,1-2H3. The highest BCUT2D eigenvalue weighted by Gasteiger charge is 2.28. The Morgan fingerprint density at radius 2 is 1.81 bits per heavy atom. The highest BCUT2D eigenvalue weighted by Crippen LogP contribution is 2.30. The molecule has 1 aromatic heterocycles. The third kappa shape index (κ3) is 4.16. The zero-order valence-electron chi connectivity index (χ0n) is 16.0. The normalized spacial score (nSPS) is 19.6. The predicted molar refractivity (Wildman–Crippen MR) is 109 cm³/mol. The van der Waals surface area contributed by atoms with Gasteiger partial charge in [0.1, 0.15) is 5.82 Å². The van der Waals surface area contributed by atoms with E-state index in [1.807, 2.05) is 19.9 Å². The third-order valence-electron chi connectivity index (χ3n) is 5.21. The van der Waals surface area contributed by atoms with Gasteiger partial charge in [-0.05, 0) is 36.2 Å². The number of hydrazine groups is 1. The van der Waals surface area contributed by atoms with E-state index >= 15 is 0 Å². The molecule has 4 rings (SSSR count). The van der Waals surface area contributed by atoms with Gasteiger partial charge in [-0.3, -0.25) is 5.43 Å². The lowest BCUT2D eigenvalue weighted by Crippen LogP contribution is -2.30. The van der Waals surface area contributed by atoms with Crippen molar-refractivity contribution in [2.24, 2.45) is 5.92 Å². The van der Waals surface area contributed by atoms with Crippen LogP contribution in [0.3, 0.4) is 0 Å². The molecule has 0 aliphatic carbocycles. The minimum atomic E-state index is 0.307. The first-order valence-electron chi connectivity index (χ1n) is 9.68. The average molecular weight is 361 g/mol. The zero-order chi connectivity index (χ0) is 18.6. The number of fused-ring (bicyclic) bond motifs is 1. The Bertz CT molecular complexity index is 898. The third-order valence-corrected chi connectivity index (χ3v) is 5.21. The van der Waals surface area contributed by atoms with Crippen molar-refractivity contribution in [1.82, 2.24) is 26.1 Å².